The molecule has 1 saturated heterocycles. The van der Waals surface area contributed by atoms with Gasteiger partial charge in [0.25, 0.3) is 0 Å². The van der Waals surface area contributed by atoms with Gasteiger partial charge in [0.1, 0.15) is 11.5 Å². The summed E-state index contributed by atoms with van der Waals surface area (Å²) in [5.41, 5.74) is 0.312. The molecule has 2 N–H and O–H groups in total. The topological polar surface area (TPSA) is 59.6 Å². The third-order valence-corrected chi connectivity index (χ3v) is 5.04. The second kappa shape index (κ2) is 8.58. The standard InChI is InChI=1S/C18H26N2O3.ClH/c1-22-14-4-2-5-15(12-14)23-11-3-8-20-17(21)16-13-18(16)6-9-19-10-7-18;/h2,4-5,12,16,19H,3,6-11,13H2,1H3,(H,20,21);1H. The molecular formula is C18H27ClN2O3. The Labute approximate surface area is 149 Å². The number of methoxy groups -OCH3 is 1. The second-order valence-electron chi connectivity index (χ2n) is 6.54. The molecule has 0 bridgehead atoms. The highest BCUT2D eigenvalue weighted by Gasteiger charge is 2.57. The first kappa shape index (κ1) is 18.9. The van der Waals surface area contributed by atoms with Crippen LogP contribution >= 0.6 is 12.4 Å². The molecule has 5 nitrogen and oxygen atoms in total. The van der Waals surface area contributed by atoms with Crippen molar-refractivity contribution >= 4 is 18.3 Å². The van der Waals surface area contributed by atoms with Gasteiger partial charge in [-0.15, -0.1) is 12.4 Å². The van der Waals surface area contributed by atoms with Crippen LogP contribution in [0.3, 0.4) is 0 Å². The van der Waals surface area contributed by atoms with Crippen molar-refractivity contribution in [2.45, 2.75) is 25.7 Å². The van der Waals surface area contributed by atoms with Gasteiger partial charge in [-0.25, -0.2) is 0 Å². The van der Waals surface area contributed by atoms with Crippen molar-refractivity contribution in [3.8, 4) is 11.5 Å². The van der Waals surface area contributed by atoms with Crippen molar-refractivity contribution in [1.29, 1.82) is 0 Å². The molecule has 2 fully saturated rings. The molecule has 24 heavy (non-hydrogen) atoms. The molecule has 1 aromatic rings. The fourth-order valence-electron chi connectivity index (χ4n) is 3.48. The van der Waals surface area contributed by atoms with Gasteiger partial charge in [0.15, 0.2) is 0 Å². The van der Waals surface area contributed by atoms with Crippen LogP contribution in [0.5, 0.6) is 11.5 Å². The third kappa shape index (κ3) is 4.54. The Morgan fingerprint density at radius 1 is 1.33 bits per heavy atom. The average molecular weight is 355 g/mol. The first-order valence-corrected chi connectivity index (χ1v) is 8.49. The van der Waals surface area contributed by atoms with E-state index >= 15 is 0 Å². The number of benzene rings is 1. The molecule has 1 heterocycles. The number of rotatable bonds is 7. The van der Waals surface area contributed by atoms with Crippen LogP contribution in [0, 0.1) is 11.3 Å². The summed E-state index contributed by atoms with van der Waals surface area (Å²) in [4.78, 5) is 12.2. The zero-order valence-corrected chi connectivity index (χ0v) is 15.0. The van der Waals surface area contributed by atoms with Crippen LogP contribution in [0.15, 0.2) is 24.3 Å². The van der Waals surface area contributed by atoms with Gasteiger partial charge in [-0.1, -0.05) is 6.07 Å². The molecule has 1 aliphatic carbocycles. The maximum absolute atomic E-state index is 12.2. The van der Waals surface area contributed by atoms with Gasteiger partial charge in [-0.2, -0.15) is 0 Å². The van der Waals surface area contributed by atoms with Crippen molar-refractivity contribution in [2.75, 3.05) is 33.4 Å². The van der Waals surface area contributed by atoms with E-state index in [0.717, 1.165) is 50.3 Å². The SMILES string of the molecule is COc1cccc(OCCCNC(=O)C2CC23CCNCC3)c1.Cl. The minimum absolute atomic E-state index is 0. The zero-order chi connectivity index (χ0) is 16.1. The van der Waals surface area contributed by atoms with Crippen molar-refractivity contribution in [2.24, 2.45) is 11.3 Å². The van der Waals surface area contributed by atoms with Gasteiger partial charge in [0.2, 0.25) is 5.91 Å². The van der Waals surface area contributed by atoms with E-state index in [9.17, 15) is 4.79 Å². The summed E-state index contributed by atoms with van der Waals surface area (Å²) in [5, 5.41) is 6.43. The third-order valence-electron chi connectivity index (χ3n) is 5.04. The first-order chi connectivity index (χ1) is 11.2. The lowest BCUT2D eigenvalue weighted by Crippen LogP contribution is -2.34. The lowest BCUT2D eigenvalue weighted by molar-refractivity contribution is -0.123. The summed E-state index contributed by atoms with van der Waals surface area (Å²) >= 11 is 0. The van der Waals surface area contributed by atoms with Crippen LogP contribution in [0.4, 0.5) is 0 Å². The molecule has 6 heteroatoms. The predicted octanol–water partition coefficient (Wildman–Crippen LogP) is 2.39. The number of amides is 1. The van der Waals surface area contributed by atoms with Crippen LogP contribution in [0.1, 0.15) is 25.7 Å². The van der Waals surface area contributed by atoms with E-state index in [0.29, 0.717) is 18.6 Å². The molecule has 0 radical (unpaired) electrons. The number of piperidine rings is 1. The number of hydrogen-bond acceptors (Lipinski definition) is 4. The molecule has 1 amide bonds. The number of hydrogen-bond donors (Lipinski definition) is 2. The fourth-order valence-corrected chi connectivity index (χ4v) is 3.48. The van der Waals surface area contributed by atoms with Crippen molar-refractivity contribution < 1.29 is 14.3 Å². The molecule has 0 aromatic heterocycles. The molecule has 1 aromatic carbocycles. The Morgan fingerprint density at radius 2 is 2.08 bits per heavy atom. The number of carbonyl (C=O) groups is 1. The van der Waals surface area contributed by atoms with Gasteiger partial charge in [-0.3, -0.25) is 4.79 Å². The van der Waals surface area contributed by atoms with E-state index in [-0.39, 0.29) is 24.2 Å². The van der Waals surface area contributed by atoms with E-state index in [4.69, 9.17) is 9.47 Å². The minimum Gasteiger partial charge on any atom is -0.497 e. The van der Waals surface area contributed by atoms with Crippen LogP contribution < -0.4 is 20.1 Å². The largest absolute Gasteiger partial charge is 0.497 e. The molecule has 1 spiro atoms. The normalized spacial score (nSPS) is 20.8. The van der Waals surface area contributed by atoms with Crippen molar-refractivity contribution in [1.82, 2.24) is 10.6 Å². The Balaban J connectivity index is 0.00000208. The molecule has 3 rings (SSSR count). The van der Waals surface area contributed by atoms with Crippen LogP contribution in [-0.4, -0.2) is 39.3 Å². The summed E-state index contributed by atoms with van der Waals surface area (Å²) in [6.45, 7) is 3.37. The molecule has 134 valence electrons. The molecule has 1 atom stereocenters. The smallest absolute Gasteiger partial charge is 0.223 e. The van der Waals surface area contributed by atoms with Crippen molar-refractivity contribution in [3.05, 3.63) is 24.3 Å². The second-order valence-corrected chi connectivity index (χ2v) is 6.54. The fraction of sp³-hybridized carbons (Fsp3) is 0.611. The van der Waals surface area contributed by atoms with E-state index < -0.39 is 0 Å². The quantitative estimate of drug-likeness (QED) is 0.738. The molecule has 1 aliphatic heterocycles. The Bertz CT molecular complexity index is 547. The Kier molecular flexibility index (Phi) is 6.75. The van der Waals surface area contributed by atoms with E-state index in [2.05, 4.69) is 10.6 Å². The van der Waals surface area contributed by atoms with E-state index in [1.165, 1.54) is 0 Å². The monoisotopic (exact) mass is 354 g/mol. The summed E-state index contributed by atoms with van der Waals surface area (Å²) in [5.74, 6) is 2.06. The van der Waals surface area contributed by atoms with E-state index in [1.807, 2.05) is 24.3 Å². The molecular weight excluding hydrogens is 328 g/mol. The molecule has 1 saturated carbocycles. The Morgan fingerprint density at radius 3 is 2.83 bits per heavy atom. The van der Waals surface area contributed by atoms with Gasteiger partial charge in [0, 0.05) is 18.5 Å². The van der Waals surface area contributed by atoms with Gasteiger partial charge in [-0.05, 0) is 56.3 Å². The van der Waals surface area contributed by atoms with Crippen LogP contribution in [0.2, 0.25) is 0 Å². The van der Waals surface area contributed by atoms with Crippen LogP contribution in [0.25, 0.3) is 0 Å². The summed E-state index contributed by atoms with van der Waals surface area (Å²) in [7, 11) is 1.64. The highest BCUT2D eigenvalue weighted by Crippen LogP contribution is 2.58. The number of ether oxygens (including phenoxy) is 2. The minimum atomic E-state index is 0. The lowest BCUT2D eigenvalue weighted by atomic mass is 9.92. The van der Waals surface area contributed by atoms with Gasteiger partial charge < -0.3 is 20.1 Å². The maximum Gasteiger partial charge on any atom is 0.223 e. The van der Waals surface area contributed by atoms with Crippen LogP contribution in [-0.2, 0) is 4.79 Å². The average Bonchev–Trinajstić information content (AvgIpc) is 3.28. The Hall–Kier alpha value is -1.46. The highest BCUT2D eigenvalue weighted by molar-refractivity contribution is 5.85. The summed E-state index contributed by atoms with van der Waals surface area (Å²) in [6.07, 6.45) is 4.17. The first-order valence-electron chi connectivity index (χ1n) is 8.49. The highest BCUT2D eigenvalue weighted by atomic mass is 35.5. The zero-order valence-electron chi connectivity index (χ0n) is 14.2. The lowest BCUT2D eigenvalue weighted by Gasteiger charge is -2.23. The number of halogens is 1. The summed E-state index contributed by atoms with van der Waals surface area (Å²) < 4.78 is 10.8. The maximum atomic E-state index is 12.2. The van der Waals surface area contributed by atoms with Gasteiger partial charge >= 0.3 is 0 Å². The molecule has 1 unspecified atom stereocenters. The van der Waals surface area contributed by atoms with E-state index in [1.54, 1.807) is 7.11 Å². The predicted molar refractivity (Wildman–Crippen MR) is 96.0 cm³/mol. The summed E-state index contributed by atoms with van der Waals surface area (Å²) in [6, 6.07) is 7.57. The molecule has 2 aliphatic rings. The van der Waals surface area contributed by atoms with Crippen molar-refractivity contribution in [3.63, 3.8) is 0 Å². The number of carbonyl (C=O) groups excluding carboxylic acids is 1. The van der Waals surface area contributed by atoms with Gasteiger partial charge in [0.05, 0.1) is 13.7 Å². The number of nitrogens with one attached hydrogen (secondary N) is 2.